The molecule has 28 heavy (non-hydrogen) atoms. The number of fused-ring (bicyclic) bond motifs is 2. The lowest BCUT2D eigenvalue weighted by Gasteiger charge is -2.18. The maximum Gasteiger partial charge on any atom is 0.265 e. The Morgan fingerprint density at radius 3 is 2.32 bits per heavy atom. The summed E-state index contributed by atoms with van der Waals surface area (Å²) >= 11 is 0. The zero-order valence-electron chi connectivity index (χ0n) is 15.5. The van der Waals surface area contributed by atoms with E-state index in [4.69, 9.17) is 0 Å². The van der Waals surface area contributed by atoms with Crippen molar-refractivity contribution in [3.05, 3.63) is 63.6 Å². The molecule has 1 N–H and O–H groups in total. The second-order valence-electron chi connectivity index (χ2n) is 7.46. The van der Waals surface area contributed by atoms with Gasteiger partial charge in [0.15, 0.2) is 0 Å². The van der Waals surface area contributed by atoms with E-state index in [0.29, 0.717) is 27.6 Å². The van der Waals surface area contributed by atoms with Crippen molar-refractivity contribution < 1.29 is 0 Å². The molecule has 1 fully saturated rings. The molecule has 0 saturated heterocycles. The minimum atomic E-state index is -0.222. The molecule has 0 aromatic carbocycles. The number of nitrogens with zero attached hydrogens (tertiary/aromatic N) is 4. The van der Waals surface area contributed by atoms with E-state index in [-0.39, 0.29) is 17.2 Å². The average molecular weight is 375 g/mol. The molecule has 0 unspecified atom stereocenters. The lowest BCUT2D eigenvalue weighted by molar-refractivity contribution is 0.434. The minimum absolute atomic E-state index is 0.0601. The number of pyridine rings is 3. The zero-order chi connectivity index (χ0) is 19.1. The average Bonchev–Trinajstić information content (AvgIpc) is 3.10. The van der Waals surface area contributed by atoms with Crippen molar-refractivity contribution in [3.63, 3.8) is 0 Å². The van der Waals surface area contributed by atoms with Crippen LogP contribution in [-0.2, 0) is 0 Å². The van der Waals surface area contributed by atoms with Crippen molar-refractivity contribution >= 4 is 21.8 Å². The van der Waals surface area contributed by atoms with Crippen LogP contribution < -0.4 is 11.1 Å². The van der Waals surface area contributed by atoms with E-state index in [1.807, 2.05) is 16.8 Å². The maximum atomic E-state index is 13.2. The maximum absolute atomic E-state index is 13.2. The first kappa shape index (κ1) is 16.9. The lowest BCUT2D eigenvalue weighted by Crippen LogP contribution is -2.25. The first-order valence-electron chi connectivity index (χ1n) is 9.79. The zero-order valence-corrected chi connectivity index (χ0v) is 15.5. The van der Waals surface area contributed by atoms with E-state index in [1.165, 1.54) is 17.4 Å². The first-order chi connectivity index (χ1) is 13.7. The molecule has 1 saturated carbocycles. The van der Waals surface area contributed by atoms with Crippen molar-refractivity contribution in [1.82, 2.24) is 24.3 Å². The highest BCUT2D eigenvalue weighted by atomic mass is 16.1. The molecule has 4 aromatic rings. The number of aromatic amines is 1. The number of hydrogen-bond acceptors (Lipinski definition) is 4. The molecular formula is C21H21N5O2. The molecule has 0 bridgehead atoms. The van der Waals surface area contributed by atoms with Crippen LogP contribution in [0.1, 0.15) is 44.6 Å². The quantitative estimate of drug-likeness (QED) is 0.430. The molecule has 0 atom stereocenters. The van der Waals surface area contributed by atoms with Gasteiger partial charge in [-0.1, -0.05) is 25.7 Å². The van der Waals surface area contributed by atoms with E-state index in [9.17, 15) is 9.59 Å². The minimum Gasteiger partial charge on any atom is -0.312 e. The van der Waals surface area contributed by atoms with Crippen molar-refractivity contribution in [3.8, 4) is 5.82 Å². The topological polar surface area (TPSA) is 85.6 Å². The van der Waals surface area contributed by atoms with E-state index < -0.39 is 0 Å². The summed E-state index contributed by atoms with van der Waals surface area (Å²) < 4.78 is 3.33. The summed E-state index contributed by atoms with van der Waals surface area (Å²) in [5.74, 6) is 0.580. The Labute approximate surface area is 160 Å². The fraction of sp³-hybridized carbons (Fsp3) is 0.333. The Morgan fingerprint density at radius 2 is 1.61 bits per heavy atom. The van der Waals surface area contributed by atoms with Crippen LogP contribution in [0, 0.1) is 0 Å². The van der Waals surface area contributed by atoms with Gasteiger partial charge in [-0.05, 0) is 31.0 Å². The van der Waals surface area contributed by atoms with Crippen LogP contribution in [0.25, 0.3) is 27.6 Å². The summed E-state index contributed by atoms with van der Waals surface area (Å²) in [6.07, 6.45) is 12.0. The van der Waals surface area contributed by atoms with Crippen LogP contribution in [-0.4, -0.2) is 24.3 Å². The molecule has 1 aliphatic rings. The van der Waals surface area contributed by atoms with E-state index >= 15 is 0 Å². The Hall–Kier alpha value is -3.22. The molecule has 0 radical (unpaired) electrons. The molecule has 0 aliphatic heterocycles. The van der Waals surface area contributed by atoms with Gasteiger partial charge in [-0.15, -0.1) is 0 Å². The van der Waals surface area contributed by atoms with Crippen molar-refractivity contribution in [1.29, 1.82) is 0 Å². The van der Waals surface area contributed by atoms with Crippen LogP contribution in [0.5, 0.6) is 0 Å². The largest absolute Gasteiger partial charge is 0.312 e. The standard InChI is InChI=1S/C21H21N5O2/c27-20-15-13-16-18(9-12-26(21(16)28)19-7-10-22-24-19)23-17(15)8-11-25(20)14-5-3-1-2-4-6-14/h7-14H,1-6H2,(H,22,24). The summed E-state index contributed by atoms with van der Waals surface area (Å²) in [7, 11) is 0. The first-order valence-corrected chi connectivity index (χ1v) is 9.79. The fourth-order valence-corrected chi connectivity index (χ4v) is 4.24. The van der Waals surface area contributed by atoms with Crippen molar-refractivity contribution in [2.24, 2.45) is 0 Å². The molecule has 142 valence electrons. The molecule has 1 aliphatic carbocycles. The van der Waals surface area contributed by atoms with Gasteiger partial charge in [0, 0.05) is 24.5 Å². The van der Waals surface area contributed by atoms with Gasteiger partial charge in [-0.25, -0.2) is 4.98 Å². The van der Waals surface area contributed by atoms with E-state index in [1.54, 1.807) is 30.6 Å². The van der Waals surface area contributed by atoms with Gasteiger partial charge < -0.3 is 4.57 Å². The normalized spacial score (nSPS) is 15.9. The smallest absolute Gasteiger partial charge is 0.265 e. The molecule has 0 amide bonds. The Bertz CT molecular complexity index is 1260. The number of H-pyrrole nitrogens is 1. The number of hydrogen-bond donors (Lipinski definition) is 1. The highest BCUT2D eigenvalue weighted by Crippen LogP contribution is 2.26. The summed E-state index contributed by atoms with van der Waals surface area (Å²) in [6.45, 7) is 0. The molecule has 0 spiro atoms. The second-order valence-corrected chi connectivity index (χ2v) is 7.46. The summed E-state index contributed by atoms with van der Waals surface area (Å²) in [6, 6.07) is 7.32. The lowest BCUT2D eigenvalue weighted by atomic mass is 10.1. The summed E-state index contributed by atoms with van der Waals surface area (Å²) in [4.78, 5) is 30.8. The van der Waals surface area contributed by atoms with Gasteiger partial charge in [0.25, 0.3) is 11.1 Å². The Kier molecular flexibility index (Phi) is 4.07. The van der Waals surface area contributed by atoms with Crippen LogP contribution in [0.15, 0.2) is 52.4 Å². The van der Waals surface area contributed by atoms with Crippen molar-refractivity contribution in [2.75, 3.05) is 0 Å². The van der Waals surface area contributed by atoms with Crippen LogP contribution >= 0.6 is 0 Å². The SMILES string of the molecule is O=c1c2cc3c(=O)n(C4CCCCCC4)ccc3nc2ccn1-c1ccn[nH]1. The van der Waals surface area contributed by atoms with Gasteiger partial charge in [-0.3, -0.25) is 19.3 Å². The number of rotatable bonds is 2. The Morgan fingerprint density at radius 1 is 0.893 bits per heavy atom. The van der Waals surface area contributed by atoms with Crippen LogP contribution in [0.3, 0.4) is 0 Å². The van der Waals surface area contributed by atoms with Gasteiger partial charge in [0.05, 0.1) is 28.0 Å². The third kappa shape index (κ3) is 2.74. The molecular weight excluding hydrogens is 354 g/mol. The highest BCUT2D eigenvalue weighted by Gasteiger charge is 2.17. The second kappa shape index (κ2) is 6.74. The number of nitrogens with one attached hydrogen (secondary N) is 1. The highest BCUT2D eigenvalue weighted by molar-refractivity contribution is 5.91. The molecule has 4 heterocycles. The predicted molar refractivity (Wildman–Crippen MR) is 108 cm³/mol. The third-order valence-electron chi connectivity index (χ3n) is 5.73. The van der Waals surface area contributed by atoms with Gasteiger partial charge in [-0.2, -0.15) is 5.10 Å². The van der Waals surface area contributed by atoms with Gasteiger partial charge in [0.1, 0.15) is 5.82 Å². The van der Waals surface area contributed by atoms with Gasteiger partial charge >= 0.3 is 0 Å². The molecule has 7 nitrogen and oxygen atoms in total. The van der Waals surface area contributed by atoms with E-state index in [2.05, 4.69) is 15.2 Å². The number of aromatic nitrogens is 5. The van der Waals surface area contributed by atoms with Crippen molar-refractivity contribution in [2.45, 2.75) is 44.6 Å². The summed E-state index contributed by atoms with van der Waals surface area (Å²) in [5, 5.41) is 7.62. The fourth-order valence-electron chi connectivity index (χ4n) is 4.24. The van der Waals surface area contributed by atoms with Gasteiger partial charge in [0.2, 0.25) is 0 Å². The molecule has 4 aromatic heterocycles. The molecule has 5 rings (SSSR count). The van der Waals surface area contributed by atoms with E-state index in [0.717, 1.165) is 25.7 Å². The van der Waals surface area contributed by atoms with Crippen LogP contribution in [0.4, 0.5) is 0 Å². The third-order valence-corrected chi connectivity index (χ3v) is 5.73. The van der Waals surface area contributed by atoms with Crippen LogP contribution in [0.2, 0.25) is 0 Å². The molecule has 7 heteroatoms. The summed E-state index contributed by atoms with van der Waals surface area (Å²) in [5.41, 5.74) is 0.927. The monoisotopic (exact) mass is 375 g/mol. The predicted octanol–water partition coefficient (Wildman–Crippen LogP) is 3.32. The Balaban J connectivity index is 1.71.